The molecule has 0 radical (unpaired) electrons. The molecule has 0 fully saturated rings. The Morgan fingerprint density at radius 3 is 2.83 bits per heavy atom. The summed E-state index contributed by atoms with van der Waals surface area (Å²) in [6.45, 7) is 2.49. The average molecular weight is 455 g/mol. The highest BCUT2D eigenvalue weighted by atomic mass is 79.9. The van der Waals surface area contributed by atoms with Crippen molar-refractivity contribution >= 4 is 61.3 Å². The maximum Gasteiger partial charge on any atom is 0.262 e. The molecule has 0 saturated heterocycles. The second kappa shape index (κ2) is 7.11. The molecule has 0 bridgehead atoms. The predicted octanol–water partition coefficient (Wildman–Crippen LogP) is 5.70. The van der Waals surface area contributed by atoms with Crippen molar-refractivity contribution in [2.45, 2.75) is 11.8 Å². The zero-order chi connectivity index (χ0) is 16.4. The first-order valence-corrected chi connectivity index (χ1v) is 9.40. The summed E-state index contributed by atoms with van der Waals surface area (Å²) in [7, 11) is 0. The summed E-state index contributed by atoms with van der Waals surface area (Å²) in [5, 5.41) is 2.92. The van der Waals surface area contributed by atoms with Gasteiger partial charge in [0.15, 0.2) is 0 Å². The third kappa shape index (κ3) is 3.65. The van der Waals surface area contributed by atoms with Crippen molar-refractivity contribution in [3.8, 4) is 5.75 Å². The number of rotatable bonds is 3. The van der Waals surface area contributed by atoms with Gasteiger partial charge in [-0.25, -0.2) is 0 Å². The van der Waals surface area contributed by atoms with Crippen LogP contribution in [-0.4, -0.2) is 12.5 Å². The highest BCUT2D eigenvalue weighted by Crippen LogP contribution is 2.41. The molecule has 1 heterocycles. The van der Waals surface area contributed by atoms with E-state index in [0.29, 0.717) is 11.5 Å². The first-order valence-electron chi connectivity index (χ1n) is 7.00. The van der Waals surface area contributed by atoms with E-state index in [9.17, 15) is 4.79 Å². The second-order valence-electron chi connectivity index (χ2n) is 4.80. The predicted molar refractivity (Wildman–Crippen MR) is 102 cm³/mol. The molecule has 118 valence electrons. The highest BCUT2D eigenvalue weighted by molar-refractivity contribution is 9.11. The molecule has 2 aromatic carbocycles. The number of fused-ring (bicyclic) bond motifs is 1. The maximum atomic E-state index is 12.3. The zero-order valence-electron chi connectivity index (χ0n) is 12.2. The molecule has 0 aromatic heterocycles. The quantitative estimate of drug-likeness (QED) is 0.605. The molecule has 0 spiro atoms. The van der Waals surface area contributed by atoms with Crippen LogP contribution in [0.25, 0.3) is 6.08 Å². The lowest BCUT2D eigenvalue weighted by Gasteiger charge is -2.19. The molecule has 6 heteroatoms. The number of amides is 1. The Labute approximate surface area is 155 Å². The summed E-state index contributed by atoms with van der Waals surface area (Å²) >= 11 is 8.46. The molecule has 1 aliphatic heterocycles. The maximum absolute atomic E-state index is 12.3. The van der Waals surface area contributed by atoms with Crippen molar-refractivity contribution in [3.05, 3.63) is 55.8 Å². The Kier molecular flexibility index (Phi) is 5.14. The molecule has 0 aliphatic carbocycles. The molecular formula is C17H13Br2NO2S. The van der Waals surface area contributed by atoms with Gasteiger partial charge in [0.05, 0.1) is 21.7 Å². The fraction of sp³-hybridized carbons (Fsp3) is 0.118. The molecule has 1 amide bonds. The van der Waals surface area contributed by atoms with Gasteiger partial charge >= 0.3 is 0 Å². The largest absolute Gasteiger partial charge is 0.492 e. The number of ether oxygens (including phenoxy) is 1. The van der Waals surface area contributed by atoms with E-state index in [1.807, 2.05) is 49.4 Å². The Balaban J connectivity index is 2.03. The summed E-state index contributed by atoms with van der Waals surface area (Å²) in [5.41, 5.74) is 1.70. The summed E-state index contributed by atoms with van der Waals surface area (Å²) in [6, 6.07) is 11.6. The summed E-state index contributed by atoms with van der Waals surface area (Å²) in [4.78, 5) is 14.0. The van der Waals surface area contributed by atoms with Gasteiger partial charge < -0.3 is 10.1 Å². The zero-order valence-corrected chi connectivity index (χ0v) is 16.2. The van der Waals surface area contributed by atoms with Gasteiger partial charge in [0.2, 0.25) is 0 Å². The van der Waals surface area contributed by atoms with Crippen LogP contribution in [-0.2, 0) is 4.79 Å². The lowest BCUT2D eigenvalue weighted by molar-refractivity contribution is -0.112. The van der Waals surface area contributed by atoms with Gasteiger partial charge in [-0.1, -0.05) is 39.8 Å². The van der Waals surface area contributed by atoms with E-state index < -0.39 is 0 Å². The van der Waals surface area contributed by atoms with Gasteiger partial charge in [-0.2, -0.15) is 0 Å². The van der Waals surface area contributed by atoms with E-state index in [1.54, 1.807) is 0 Å². The van der Waals surface area contributed by atoms with Crippen molar-refractivity contribution in [2.24, 2.45) is 0 Å². The molecule has 0 unspecified atom stereocenters. The number of benzene rings is 2. The van der Waals surface area contributed by atoms with Crippen LogP contribution in [0, 0.1) is 0 Å². The van der Waals surface area contributed by atoms with E-state index in [4.69, 9.17) is 4.74 Å². The van der Waals surface area contributed by atoms with Gasteiger partial charge in [0.1, 0.15) is 5.75 Å². The van der Waals surface area contributed by atoms with Crippen LogP contribution >= 0.6 is 43.6 Å². The number of hydrogen-bond donors (Lipinski definition) is 1. The van der Waals surface area contributed by atoms with Gasteiger partial charge in [-0.3, -0.25) is 4.79 Å². The minimum atomic E-state index is -0.104. The number of para-hydroxylation sites is 1. The number of nitrogens with one attached hydrogen (secondary N) is 1. The van der Waals surface area contributed by atoms with E-state index >= 15 is 0 Å². The SMILES string of the molecule is CCOc1c(Br)cc(Br)cc1/C=C1\Sc2ccccc2NC1=O. The van der Waals surface area contributed by atoms with Crippen molar-refractivity contribution in [2.75, 3.05) is 11.9 Å². The summed E-state index contributed by atoms with van der Waals surface area (Å²) < 4.78 is 7.48. The van der Waals surface area contributed by atoms with Crippen LogP contribution in [0.2, 0.25) is 0 Å². The van der Waals surface area contributed by atoms with Gasteiger partial charge in [-0.15, -0.1) is 0 Å². The fourth-order valence-electron chi connectivity index (χ4n) is 2.23. The lowest BCUT2D eigenvalue weighted by atomic mass is 10.2. The minimum absolute atomic E-state index is 0.104. The number of carbonyl (C=O) groups is 1. The second-order valence-corrected chi connectivity index (χ2v) is 7.65. The molecule has 2 aromatic rings. The van der Waals surface area contributed by atoms with Crippen molar-refractivity contribution in [3.63, 3.8) is 0 Å². The fourth-order valence-corrected chi connectivity index (χ4v) is 4.54. The van der Waals surface area contributed by atoms with E-state index in [2.05, 4.69) is 37.2 Å². The normalized spacial score (nSPS) is 15.3. The Morgan fingerprint density at radius 2 is 2.04 bits per heavy atom. The molecule has 0 atom stereocenters. The van der Waals surface area contributed by atoms with Crippen LogP contribution in [0.4, 0.5) is 5.69 Å². The number of hydrogen-bond acceptors (Lipinski definition) is 3. The molecule has 1 N–H and O–H groups in total. The van der Waals surface area contributed by atoms with Crippen LogP contribution in [0.1, 0.15) is 12.5 Å². The Hall–Kier alpha value is -1.24. The smallest absolute Gasteiger partial charge is 0.262 e. The molecule has 1 aliphatic rings. The number of anilines is 1. The summed E-state index contributed by atoms with van der Waals surface area (Å²) in [6.07, 6.45) is 1.86. The lowest BCUT2D eigenvalue weighted by Crippen LogP contribution is -2.17. The average Bonchev–Trinajstić information content (AvgIpc) is 2.51. The highest BCUT2D eigenvalue weighted by Gasteiger charge is 2.21. The van der Waals surface area contributed by atoms with Gasteiger partial charge in [-0.05, 0) is 53.2 Å². The van der Waals surface area contributed by atoms with Crippen molar-refractivity contribution < 1.29 is 9.53 Å². The topological polar surface area (TPSA) is 38.3 Å². The number of carbonyl (C=O) groups excluding carboxylic acids is 1. The molecule has 3 rings (SSSR count). The third-order valence-corrected chi connectivity index (χ3v) is 5.34. The number of thioether (sulfide) groups is 1. The molecule has 0 saturated carbocycles. The van der Waals surface area contributed by atoms with E-state index in [0.717, 1.165) is 30.8 Å². The summed E-state index contributed by atoms with van der Waals surface area (Å²) in [5.74, 6) is 0.628. The van der Waals surface area contributed by atoms with Crippen LogP contribution < -0.4 is 10.1 Å². The van der Waals surface area contributed by atoms with Crippen LogP contribution in [0.3, 0.4) is 0 Å². The van der Waals surface area contributed by atoms with Gasteiger partial charge in [0.25, 0.3) is 5.91 Å². The monoisotopic (exact) mass is 453 g/mol. The Bertz CT molecular complexity index is 805. The minimum Gasteiger partial charge on any atom is -0.492 e. The number of halogens is 2. The molecule has 3 nitrogen and oxygen atoms in total. The Morgan fingerprint density at radius 1 is 1.26 bits per heavy atom. The van der Waals surface area contributed by atoms with E-state index in [1.165, 1.54) is 11.8 Å². The first kappa shape index (κ1) is 16.6. The van der Waals surface area contributed by atoms with E-state index in [-0.39, 0.29) is 5.91 Å². The van der Waals surface area contributed by atoms with Gasteiger partial charge in [0, 0.05) is 14.9 Å². The first-order chi connectivity index (χ1) is 11.1. The standard InChI is InChI=1S/C17H13Br2NO2S/c1-2-22-16-10(7-11(18)9-12(16)19)8-15-17(21)20-13-5-3-4-6-14(13)23-15/h3-9H,2H2,1H3,(H,20,21)/b15-8-. The molecular weight excluding hydrogens is 442 g/mol. The van der Waals surface area contributed by atoms with Crippen molar-refractivity contribution in [1.82, 2.24) is 0 Å². The van der Waals surface area contributed by atoms with Crippen LogP contribution in [0.15, 0.2) is 55.1 Å². The van der Waals surface area contributed by atoms with Crippen LogP contribution in [0.5, 0.6) is 5.75 Å². The molecule has 23 heavy (non-hydrogen) atoms. The van der Waals surface area contributed by atoms with Crippen molar-refractivity contribution in [1.29, 1.82) is 0 Å². The third-order valence-electron chi connectivity index (χ3n) is 3.19.